The molecule has 3 heterocycles. The van der Waals surface area contributed by atoms with Crippen molar-refractivity contribution in [2.75, 3.05) is 12.3 Å². The number of hydrogen-bond acceptors (Lipinski definition) is 10. The minimum atomic E-state index is -6.31. The van der Waals surface area contributed by atoms with E-state index < -0.39 is 68.1 Å². The molecule has 3 atom stereocenters. The zero-order chi connectivity index (χ0) is 27.2. The second-order valence-electron chi connectivity index (χ2n) is 3.88. The molecule has 1 saturated heterocycles. The van der Waals surface area contributed by atoms with Crippen molar-refractivity contribution in [3.63, 3.8) is 0 Å². The van der Waals surface area contributed by atoms with Crippen LogP contribution >= 0.6 is 7.82 Å². The average Bonchev–Trinajstić information content (AvgIpc) is 3.08. The van der Waals surface area contributed by atoms with E-state index in [2.05, 4.69) is 19.6 Å². The van der Waals surface area contributed by atoms with Crippen molar-refractivity contribution in [3.05, 3.63) is 16.7 Å². The zero-order valence-electron chi connectivity index (χ0n) is 24.5. The summed E-state index contributed by atoms with van der Waals surface area (Å²) in [5.74, 6) is -1.07. The predicted octanol–water partition coefficient (Wildman–Crippen LogP) is -8.80. The average molecular weight is 371 g/mol. The van der Waals surface area contributed by atoms with Crippen molar-refractivity contribution in [3.8, 4) is 0 Å². The molecule has 25 heavy (non-hydrogen) atoms. The first-order valence-electron chi connectivity index (χ1n) is 11.2. The summed E-state index contributed by atoms with van der Waals surface area (Å²) in [4.78, 5) is 41.3. The number of aromatic nitrogens is 4. The number of aliphatic hydroxyl groups is 1. The van der Waals surface area contributed by atoms with Gasteiger partial charge in [0.2, 0.25) is 7.38 Å². The fraction of sp³-hybridized carbons (Fsp3) is 0.500. The molecule has 0 bridgehead atoms. The van der Waals surface area contributed by atoms with Gasteiger partial charge in [0.15, 0.2) is 15.4 Å². The predicted molar refractivity (Wildman–Crippen MR) is 70.7 cm³/mol. The number of imidazole rings is 1. The van der Waals surface area contributed by atoms with Gasteiger partial charge in [-0.1, -0.05) is 0 Å². The smallest absolute Gasteiger partial charge is 0.790 e. The van der Waals surface area contributed by atoms with Gasteiger partial charge in [0, 0.05) is 9.11 Å². The molecule has 4 N–H and O–H groups in total. The summed E-state index contributed by atoms with van der Waals surface area (Å²) in [5, 5.41) is 3.90. The molecule has 2 aromatic heterocycles. The number of nitrogens with one attached hydrogen (secondary N) is 1. The number of rotatable bonds is 6. The van der Waals surface area contributed by atoms with Gasteiger partial charge in [-0.2, -0.15) is 4.98 Å². The molecule has 1 fully saturated rings. The number of aromatic amines is 1. The molecule has 0 saturated carbocycles. The van der Waals surface area contributed by atoms with Crippen molar-refractivity contribution in [2.45, 2.75) is 24.7 Å². The van der Waals surface area contributed by atoms with Crippen LogP contribution in [0.2, 0.25) is 4.24 Å². The molecule has 0 radical (unpaired) electrons. The van der Waals surface area contributed by atoms with Crippen LogP contribution < -0.4 is 58.8 Å². The number of H-pyrrole nitrogens is 1. The molecule has 15 heteroatoms. The molecule has 0 amide bonds. The maximum absolute atomic E-state index is 12.4. The Bertz CT molecular complexity index is 1310. The third-order valence-electron chi connectivity index (χ3n) is 2.37. The summed E-state index contributed by atoms with van der Waals surface area (Å²) < 4.78 is 113. The molecule has 1 aliphatic rings. The van der Waals surface area contributed by atoms with Crippen LogP contribution in [-0.2, 0) is 13.8 Å². The van der Waals surface area contributed by atoms with Crippen LogP contribution in [-0.4, -0.2) is 44.8 Å². The summed E-state index contributed by atoms with van der Waals surface area (Å²) in [6, 6.07) is 0. The molecule has 0 aromatic carbocycles. The van der Waals surface area contributed by atoms with Gasteiger partial charge >= 0.3 is 37.7 Å². The Labute approximate surface area is 181 Å². The van der Waals surface area contributed by atoms with E-state index >= 15 is 0 Å². The van der Waals surface area contributed by atoms with Crippen molar-refractivity contribution in [1.29, 1.82) is 1.43 Å². The third-order valence-corrected chi connectivity index (χ3v) is 2.69. The third kappa shape index (κ3) is 4.97. The number of phosphoric acid groups is 1. The number of nitrogens with two attached hydrogens (primary N) is 1. The summed E-state index contributed by atoms with van der Waals surface area (Å²) >= 11 is 0. The maximum atomic E-state index is 12.4. The van der Waals surface area contributed by atoms with Crippen molar-refractivity contribution < 1.29 is 81.6 Å². The topological polar surface area (TPSA) is 191 Å². The van der Waals surface area contributed by atoms with Crippen LogP contribution in [0.1, 0.15) is 23.5 Å². The van der Waals surface area contributed by atoms with Crippen molar-refractivity contribution in [1.82, 2.24) is 19.5 Å². The van der Waals surface area contributed by atoms with Gasteiger partial charge in [-0.15, -0.1) is 0 Å². The van der Waals surface area contributed by atoms with Crippen molar-refractivity contribution in [2.24, 2.45) is 0 Å². The number of fused-ring (bicyclic) bond motifs is 1. The standard InChI is InChI=1S/C10H14N5O7P.2Li/c11-10-13-8-7(9(17)14-10)12-3-15(8)6-1-4(16)5(22-6)2-21-23(18,19)20;;/h3-6,16H,1-2H2,(H2,18,19,20)(H3,11,13,14,17);;/q;2*+1/p-2/t4-,5+,6+;;/m0../s1/i1D2,2D2,3D,4D,5D,6D,16D;;/hD3. The quantitative estimate of drug-likeness (QED) is 0.324. The summed E-state index contributed by atoms with van der Waals surface area (Å²) in [7, 11) is -6.31. The molecule has 0 spiro atoms. The van der Waals surface area contributed by atoms with Crippen LogP contribution in [0, 0.1) is 0 Å². The van der Waals surface area contributed by atoms with Crippen LogP contribution in [0.25, 0.3) is 11.2 Å². The summed E-state index contributed by atoms with van der Waals surface area (Å²) in [5.41, 5.74) is -3.71. The second-order valence-corrected chi connectivity index (χ2v) is 4.96. The van der Waals surface area contributed by atoms with E-state index in [0.717, 1.165) is 0 Å². The van der Waals surface area contributed by atoms with Gasteiger partial charge in [0.05, 0.1) is 33.6 Å². The largest absolute Gasteiger partial charge is 1.00 e. The molecule has 0 aliphatic carbocycles. The maximum Gasteiger partial charge on any atom is 1.00 e. The Morgan fingerprint density at radius 1 is 1.84 bits per heavy atom. The number of hydrogen-bond donors (Lipinski definition) is 3. The minimum Gasteiger partial charge on any atom is -0.790 e. The number of phosphoric ester groups is 1. The summed E-state index contributed by atoms with van der Waals surface area (Å²) in [6.45, 7) is -4.28. The van der Waals surface area contributed by atoms with Crippen LogP contribution in [0.5, 0.6) is 0 Å². The van der Waals surface area contributed by atoms with Gasteiger partial charge in [-0.05, 0) is 0 Å². The van der Waals surface area contributed by atoms with Gasteiger partial charge in [-0.3, -0.25) is 14.3 Å². The van der Waals surface area contributed by atoms with E-state index in [-0.39, 0.29) is 53.0 Å². The zero-order valence-corrected chi connectivity index (χ0v) is 13.4. The molecule has 12 nitrogen and oxygen atoms in total. The SMILES string of the molecule is [2H]O[C@@]1([2H])C([2H])([2H])[C@]([2H])(n2c([2H])nc3c(=O)n([2H])c(N([2H])[2H])nc32)O[C@]1([2H])C([2H])([2H])OP(=O)([O-])[O-].[Li+].[Li+]. The van der Waals surface area contributed by atoms with Crippen LogP contribution in [0.4, 0.5) is 5.95 Å². The van der Waals surface area contributed by atoms with Gasteiger partial charge in [-0.25, -0.2) is 4.98 Å². The number of anilines is 1. The molecule has 0 unspecified atom stereocenters. The molecule has 126 valence electrons. The minimum absolute atomic E-state index is 0. The fourth-order valence-electron chi connectivity index (χ4n) is 1.54. The first kappa shape index (κ1) is 10.1. The van der Waals surface area contributed by atoms with Gasteiger partial charge in [0.1, 0.15) is 13.7 Å². The van der Waals surface area contributed by atoms with E-state index in [4.69, 9.17) is 21.4 Å². The molecular formula is C10H12Li2N5O7P. The number of nitrogen functional groups attached to an aromatic ring is 1. The molecular weight excluding hydrogens is 347 g/mol. The van der Waals surface area contributed by atoms with E-state index in [1.807, 2.05) is 0 Å². The van der Waals surface area contributed by atoms with E-state index in [1.165, 1.54) is 0 Å². The molecule has 1 aliphatic heterocycles. The second kappa shape index (κ2) is 8.38. The van der Waals surface area contributed by atoms with Crippen LogP contribution in [0.15, 0.2) is 11.1 Å². The Morgan fingerprint density at radius 2 is 2.60 bits per heavy atom. The van der Waals surface area contributed by atoms with Gasteiger partial charge in [0.25, 0.3) is 5.56 Å². The Hall–Kier alpha value is -0.625. The van der Waals surface area contributed by atoms with Crippen LogP contribution in [0.3, 0.4) is 0 Å². The molecule has 2 aromatic rings. The number of nitrogens with zero attached hydrogens (tertiary/aromatic N) is 3. The first-order valence-corrected chi connectivity index (χ1v) is 6.95. The van der Waals surface area contributed by atoms with E-state index in [9.17, 15) is 19.1 Å². The fourth-order valence-corrected chi connectivity index (χ4v) is 1.74. The normalized spacial score (nSPS) is 41.4. The van der Waals surface area contributed by atoms with Gasteiger partial charge < -0.3 is 34.4 Å². The van der Waals surface area contributed by atoms with E-state index in [1.54, 1.807) is 0 Å². The first-order chi connectivity index (χ1) is 15.6. The Balaban J connectivity index is 0.00000342. The van der Waals surface area contributed by atoms with Crippen molar-refractivity contribution >= 4 is 24.9 Å². The van der Waals surface area contributed by atoms with E-state index in [0.29, 0.717) is 0 Å². The summed E-state index contributed by atoms with van der Waals surface area (Å²) in [6.07, 6.45) is -17.2. The Morgan fingerprint density at radius 3 is 3.24 bits per heavy atom. The molecule has 3 rings (SSSR count). The monoisotopic (exact) mass is 371 g/mol. The number of ether oxygens (including phenoxy) is 1. The Kier molecular flexibility index (Phi) is 3.37.